The zero-order valence-electron chi connectivity index (χ0n) is 8.60. The van der Waals surface area contributed by atoms with Crippen molar-refractivity contribution in [1.29, 1.82) is 0 Å². The van der Waals surface area contributed by atoms with Crippen LogP contribution in [0.2, 0.25) is 0 Å². The Morgan fingerprint density at radius 1 is 1.50 bits per heavy atom. The molecule has 1 aromatic rings. The van der Waals surface area contributed by atoms with Crippen LogP contribution in [0, 0.1) is 0 Å². The smallest absolute Gasteiger partial charge is 0.338 e. The first kappa shape index (κ1) is 12.4. The summed E-state index contributed by atoms with van der Waals surface area (Å²) < 4.78 is 10.0. The first-order chi connectivity index (χ1) is 7.63. The van der Waals surface area contributed by atoms with Crippen LogP contribution in [0.15, 0.2) is 21.7 Å². The summed E-state index contributed by atoms with van der Waals surface area (Å²) in [6.45, 7) is 0. The maximum absolute atomic E-state index is 11.4. The number of rotatable bonds is 3. The fraction of sp³-hybridized carbons (Fsp3) is 0.222. The van der Waals surface area contributed by atoms with Crippen LogP contribution < -0.4 is 4.74 Å². The van der Waals surface area contributed by atoms with Gasteiger partial charge in [-0.2, -0.15) is 0 Å². The quantitative estimate of drug-likeness (QED) is 0.370. The van der Waals surface area contributed by atoms with Crippen molar-refractivity contribution < 1.29 is 14.3 Å². The van der Waals surface area contributed by atoms with E-state index in [1.807, 2.05) is 0 Å². The van der Waals surface area contributed by atoms with E-state index >= 15 is 0 Å². The topological polar surface area (TPSA) is 84.3 Å². The van der Waals surface area contributed by atoms with E-state index in [2.05, 4.69) is 30.7 Å². The number of methoxy groups -OCH3 is 2. The molecule has 0 heterocycles. The van der Waals surface area contributed by atoms with Crippen molar-refractivity contribution in [2.45, 2.75) is 0 Å². The number of benzene rings is 1. The number of nitrogens with zero attached hydrogens (tertiary/aromatic N) is 3. The van der Waals surface area contributed by atoms with Crippen molar-refractivity contribution in [3.63, 3.8) is 0 Å². The molecule has 0 spiro atoms. The Bertz CT molecular complexity index is 469. The molecule has 1 aromatic carbocycles. The Labute approximate surface area is 99.9 Å². The first-order valence-electron chi connectivity index (χ1n) is 4.15. The molecule has 0 aliphatic heterocycles. The highest BCUT2D eigenvalue weighted by molar-refractivity contribution is 9.10. The maximum Gasteiger partial charge on any atom is 0.338 e. The van der Waals surface area contributed by atoms with E-state index < -0.39 is 5.97 Å². The molecule has 0 N–H and O–H groups in total. The minimum atomic E-state index is -0.595. The van der Waals surface area contributed by atoms with Gasteiger partial charge < -0.3 is 9.47 Å². The van der Waals surface area contributed by atoms with E-state index in [-0.39, 0.29) is 11.3 Å². The standard InChI is InChI=1S/C9H8BrN3O3/c1-15-5-3-6(9(14)16-2)8(12-13-11)7(10)4-5/h3-4H,1-2H3. The van der Waals surface area contributed by atoms with Gasteiger partial charge in [0, 0.05) is 9.38 Å². The van der Waals surface area contributed by atoms with Gasteiger partial charge in [-0.15, -0.1) is 0 Å². The lowest BCUT2D eigenvalue weighted by molar-refractivity contribution is 0.0601. The summed E-state index contributed by atoms with van der Waals surface area (Å²) in [5.41, 5.74) is 8.72. The lowest BCUT2D eigenvalue weighted by atomic mass is 10.1. The monoisotopic (exact) mass is 285 g/mol. The molecule has 84 valence electrons. The Balaban J connectivity index is 3.45. The van der Waals surface area contributed by atoms with E-state index in [4.69, 9.17) is 10.3 Å². The van der Waals surface area contributed by atoms with Crippen LogP contribution >= 0.6 is 15.9 Å². The van der Waals surface area contributed by atoms with E-state index in [1.54, 1.807) is 6.07 Å². The fourth-order valence-corrected chi connectivity index (χ4v) is 1.62. The van der Waals surface area contributed by atoms with Gasteiger partial charge in [0.2, 0.25) is 0 Å². The van der Waals surface area contributed by atoms with Crippen molar-refractivity contribution in [3.8, 4) is 5.75 Å². The highest BCUT2D eigenvalue weighted by Crippen LogP contribution is 2.34. The molecular weight excluding hydrogens is 278 g/mol. The van der Waals surface area contributed by atoms with Crippen molar-refractivity contribution in [2.75, 3.05) is 14.2 Å². The molecule has 0 aliphatic carbocycles. The molecule has 0 amide bonds. The minimum Gasteiger partial charge on any atom is -0.497 e. The Morgan fingerprint density at radius 3 is 2.69 bits per heavy atom. The molecule has 6 nitrogen and oxygen atoms in total. The lowest BCUT2D eigenvalue weighted by Crippen LogP contribution is -2.02. The third-order valence-electron chi connectivity index (χ3n) is 1.82. The Morgan fingerprint density at radius 2 is 2.19 bits per heavy atom. The molecule has 1 rings (SSSR count). The fourth-order valence-electron chi connectivity index (χ4n) is 1.10. The number of carbonyl (C=O) groups is 1. The number of esters is 1. The van der Waals surface area contributed by atoms with Crippen molar-refractivity contribution in [2.24, 2.45) is 5.11 Å². The van der Waals surface area contributed by atoms with E-state index in [0.717, 1.165) is 0 Å². The molecule has 0 aromatic heterocycles. The van der Waals surface area contributed by atoms with Gasteiger partial charge in [0.25, 0.3) is 0 Å². The van der Waals surface area contributed by atoms with Gasteiger partial charge in [-0.3, -0.25) is 0 Å². The van der Waals surface area contributed by atoms with E-state index in [1.165, 1.54) is 20.3 Å². The van der Waals surface area contributed by atoms with Gasteiger partial charge in [0.1, 0.15) is 5.75 Å². The molecule has 0 radical (unpaired) electrons. The molecule has 0 bridgehead atoms. The van der Waals surface area contributed by atoms with Crippen molar-refractivity contribution in [1.82, 2.24) is 0 Å². The average molecular weight is 286 g/mol. The largest absolute Gasteiger partial charge is 0.497 e. The number of carbonyl (C=O) groups excluding carboxylic acids is 1. The number of hydrogen-bond donors (Lipinski definition) is 0. The van der Waals surface area contributed by atoms with E-state index in [0.29, 0.717) is 10.2 Å². The van der Waals surface area contributed by atoms with Crippen LogP contribution in [0.3, 0.4) is 0 Å². The first-order valence-corrected chi connectivity index (χ1v) is 4.94. The van der Waals surface area contributed by atoms with Gasteiger partial charge in [-0.25, -0.2) is 4.79 Å². The molecule has 0 atom stereocenters. The molecule has 0 saturated carbocycles. The summed E-state index contributed by atoms with van der Waals surface area (Å²) in [6, 6.07) is 3.04. The Hall–Kier alpha value is -1.72. The zero-order valence-corrected chi connectivity index (χ0v) is 10.2. The summed E-state index contributed by atoms with van der Waals surface area (Å²) in [5.74, 6) is -0.133. The predicted molar refractivity (Wildman–Crippen MR) is 60.8 cm³/mol. The zero-order chi connectivity index (χ0) is 12.1. The van der Waals surface area contributed by atoms with Gasteiger partial charge in [0.15, 0.2) is 0 Å². The second-order valence-corrected chi connectivity index (χ2v) is 3.54. The lowest BCUT2D eigenvalue weighted by Gasteiger charge is -2.08. The normalized spacial score (nSPS) is 9.19. The van der Waals surface area contributed by atoms with Crippen LogP contribution in [0.25, 0.3) is 10.4 Å². The Kier molecular flexibility index (Phi) is 4.16. The number of azide groups is 1. The molecule has 7 heteroatoms. The van der Waals surface area contributed by atoms with Crippen LogP contribution in [0.5, 0.6) is 5.75 Å². The number of ether oxygens (including phenoxy) is 2. The minimum absolute atomic E-state index is 0.145. The summed E-state index contributed by atoms with van der Waals surface area (Å²) >= 11 is 3.18. The second-order valence-electron chi connectivity index (χ2n) is 2.69. The van der Waals surface area contributed by atoms with Gasteiger partial charge in [0.05, 0.1) is 25.5 Å². The number of halogens is 1. The highest BCUT2D eigenvalue weighted by atomic mass is 79.9. The summed E-state index contributed by atoms with van der Waals surface area (Å²) in [5, 5.41) is 3.43. The molecular formula is C9H8BrN3O3. The molecule has 16 heavy (non-hydrogen) atoms. The molecule has 0 aliphatic rings. The molecule has 0 unspecified atom stereocenters. The van der Waals surface area contributed by atoms with Crippen LogP contribution in [-0.4, -0.2) is 20.2 Å². The van der Waals surface area contributed by atoms with Gasteiger partial charge >= 0.3 is 5.97 Å². The summed E-state index contributed by atoms with van der Waals surface area (Å²) in [7, 11) is 2.71. The number of hydrogen-bond acceptors (Lipinski definition) is 4. The third-order valence-corrected chi connectivity index (χ3v) is 2.43. The van der Waals surface area contributed by atoms with E-state index in [9.17, 15) is 4.79 Å². The van der Waals surface area contributed by atoms with Crippen molar-refractivity contribution >= 4 is 27.6 Å². The second kappa shape index (κ2) is 5.39. The maximum atomic E-state index is 11.4. The average Bonchev–Trinajstić information content (AvgIpc) is 2.30. The van der Waals surface area contributed by atoms with Crippen LogP contribution in [0.1, 0.15) is 10.4 Å². The highest BCUT2D eigenvalue weighted by Gasteiger charge is 2.15. The summed E-state index contributed by atoms with van der Waals surface area (Å²) in [6.07, 6.45) is 0. The van der Waals surface area contributed by atoms with Gasteiger partial charge in [-0.1, -0.05) is 21.0 Å². The van der Waals surface area contributed by atoms with Gasteiger partial charge in [-0.05, 0) is 17.7 Å². The third kappa shape index (κ3) is 2.44. The molecule has 0 saturated heterocycles. The summed E-state index contributed by atoms with van der Waals surface area (Å²) in [4.78, 5) is 14.1. The molecule has 0 fully saturated rings. The van der Waals surface area contributed by atoms with Crippen molar-refractivity contribution in [3.05, 3.63) is 32.6 Å². The predicted octanol–water partition coefficient (Wildman–Crippen LogP) is 3.19. The SMILES string of the molecule is COC(=O)c1cc(OC)cc(Br)c1N=[N+]=[N-]. The van der Waals surface area contributed by atoms with Crippen LogP contribution in [-0.2, 0) is 4.74 Å². The van der Waals surface area contributed by atoms with Crippen LogP contribution in [0.4, 0.5) is 5.69 Å².